The van der Waals surface area contributed by atoms with Crippen molar-refractivity contribution in [3.05, 3.63) is 71.0 Å². The predicted octanol–water partition coefficient (Wildman–Crippen LogP) is 3.74. The molecule has 1 aliphatic carbocycles. The fourth-order valence-electron chi connectivity index (χ4n) is 2.65. The summed E-state index contributed by atoms with van der Waals surface area (Å²) in [5.74, 6) is -0.571. The van der Waals surface area contributed by atoms with Crippen molar-refractivity contribution in [1.82, 2.24) is 0 Å². The molecule has 90 valence electrons. The number of hydrogen-bond acceptors (Lipinski definition) is 1. The highest BCUT2D eigenvalue weighted by Crippen LogP contribution is 2.33. The smallest absolute Gasteiger partial charge is 0.170 e. The van der Waals surface area contributed by atoms with Crippen LogP contribution in [0.3, 0.4) is 0 Å². The lowest BCUT2D eigenvalue weighted by atomic mass is 9.79. The molecular formula is C16H13FO. The highest BCUT2D eigenvalue weighted by atomic mass is 19.1. The lowest BCUT2D eigenvalue weighted by Crippen LogP contribution is -2.21. The minimum Gasteiger partial charge on any atom is -0.293 e. The largest absolute Gasteiger partial charge is 0.293 e. The summed E-state index contributed by atoms with van der Waals surface area (Å²) in [6, 6.07) is 14.2. The molecule has 0 aromatic heterocycles. The number of rotatable bonds is 1. The summed E-state index contributed by atoms with van der Waals surface area (Å²) in [4.78, 5) is 12.4. The first-order chi connectivity index (χ1) is 8.77. The number of carbonyl (C=O) groups excluding carboxylic acids is 1. The van der Waals surface area contributed by atoms with Crippen LogP contribution in [0.5, 0.6) is 0 Å². The molecule has 0 amide bonds. The maximum Gasteiger partial charge on any atom is 0.170 e. The van der Waals surface area contributed by atoms with Crippen molar-refractivity contribution in [2.24, 2.45) is 0 Å². The topological polar surface area (TPSA) is 17.1 Å². The third kappa shape index (κ3) is 1.74. The van der Waals surface area contributed by atoms with Gasteiger partial charge in [0.2, 0.25) is 0 Å². The second-order valence-corrected chi connectivity index (χ2v) is 4.63. The van der Waals surface area contributed by atoms with E-state index in [1.807, 2.05) is 24.3 Å². The zero-order valence-corrected chi connectivity index (χ0v) is 9.90. The van der Waals surface area contributed by atoms with Crippen LogP contribution in [0.2, 0.25) is 0 Å². The SMILES string of the molecule is O=C1c2ccccc2CC[C@@H]1c1ccccc1F. The average Bonchev–Trinajstić information content (AvgIpc) is 2.41. The molecule has 18 heavy (non-hydrogen) atoms. The Bertz CT molecular complexity index is 604. The van der Waals surface area contributed by atoms with E-state index >= 15 is 0 Å². The fourth-order valence-corrected chi connectivity index (χ4v) is 2.65. The predicted molar refractivity (Wildman–Crippen MR) is 68.2 cm³/mol. The first-order valence-corrected chi connectivity index (χ1v) is 6.14. The minimum atomic E-state index is -0.332. The number of fused-ring (bicyclic) bond motifs is 1. The standard InChI is InChI=1S/C16H13FO/c17-15-8-4-3-7-13(15)14-10-9-11-5-1-2-6-12(11)16(14)18/h1-8,14H,9-10H2/t14-/m1/s1. The highest BCUT2D eigenvalue weighted by molar-refractivity contribution is 6.03. The fraction of sp³-hybridized carbons (Fsp3) is 0.188. The quantitative estimate of drug-likeness (QED) is 0.742. The van der Waals surface area contributed by atoms with Gasteiger partial charge in [0.05, 0.1) is 5.92 Å². The van der Waals surface area contributed by atoms with Crippen LogP contribution in [-0.2, 0) is 6.42 Å². The summed E-state index contributed by atoms with van der Waals surface area (Å²) in [5.41, 5.74) is 2.35. The van der Waals surface area contributed by atoms with E-state index in [2.05, 4.69) is 0 Å². The Kier molecular flexibility index (Phi) is 2.71. The summed E-state index contributed by atoms with van der Waals surface area (Å²) in [5, 5.41) is 0. The van der Waals surface area contributed by atoms with E-state index in [4.69, 9.17) is 0 Å². The Morgan fingerprint density at radius 3 is 2.56 bits per heavy atom. The monoisotopic (exact) mass is 240 g/mol. The van der Waals surface area contributed by atoms with Crippen molar-refractivity contribution in [1.29, 1.82) is 0 Å². The van der Waals surface area contributed by atoms with E-state index in [1.54, 1.807) is 18.2 Å². The van der Waals surface area contributed by atoms with Crippen LogP contribution in [0.1, 0.15) is 33.8 Å². The summed E-state index contributed by atoms with van der Waals surface area (Å²) < 4.78 is 13.8. The maximum absolute atomic E-state index is 13.8. The summed E-state index contributed by atoms with van der Waals surface area (Å²) >= 11 is 0. The molecule has 1 atom stereocenters. The number of carbonyl (C=O) groups is 1. The molecule has 2 aromatic rings. The molecule has 0 saturated carbocycles. The Balaban J connectivity index is 2.03. The summed E-state index contributed by atoms with van der Waals surface area (Å²) in [6.07, 6.45) is 1.53. The van der Waals surface area contributed by atoms with Crippen LogP contribution in [0.25, 0.3) is 0 Å². The molecule has 1 aliphatic rings. The zero-order valence-electron chi connectivity index (χ0n) is 9.90. The molecule has 0 fully saturated rings. The van der Waals surface area contributed by atoms with E-state index in [1.165, 1.54) is 6.07 Å². The van der Waals surface area contributed by atoms with Crippen molar-refractivity contribution in [3.63, 3.8) is 0 Å². The molecule has 0 bridgehead atoms. The molecule has 0 N–H and O–H groups in total. The molecule has 0 radical (unpaired) electrons. The van der Waals surface area contributed by atoms with Gasteiger partial charge >= 0.3 is 0 Å². The van der Waals surface area contributed by atoms with Gasteiger partial charge < -0.3 is 0 Å². The van der Waals surface area contributed by atoms with Gasteiger partial charge in [0, 0.05) is 5.56 Å². The van der Waals surface area contributed by atoms with Crippen LogP contribution in [0, 0.1) is 5.82 Å². The van der Waals surface area contributed by atoms with Gasteiger partial charge in [0.25, 0.3) is 0 Å². The zero-order chi connectivity index (χ0) is 12.5. The van der Waals surface area contributed by atoms with E-state index in [0.29, 0.717) is 12.0 Å². The minimum absolute atomic E-state index is 0.0435. The summed E-state index contributed by atoms with van der Waals surface area (Å²) in [7, 11) is 0. The number of benzene rings is 2. The van der Waals surface area contributed by atoms with Crippen molar-refractivity contribution < 1.29 is 9.18 Å². The van der Waals surface area contributed by atoms with Crippen molar-refractivity contribution in [3.8, 4) is 0 Å². The van der Waals surface area contributed by atoms with Gasteiger partial charge in [-0.15, -0.1) is 0 Å². The Morgan fingerprint density at radius 1 is 1.00 bits per heavy atom. The van der Waals surface area contributed by atoms with Crippen molar-refractivity contribution >= 4 is 5.78 Å². The maximum atomic E-state index is 13.8. The van der Waals surface area contributed by atoms with E-state index in [0.717, 1.165) is 17.5 Å². The van der Waals surface area contributed by atoms with Crippen LogP contribution < -0.4 is 0 Å². The summed E-state index contributed by atoms with van der Waals surface area (Å²) in [6.45, 7) is 0. The third-order valence-corrected chi connectivity index (χ3v) is 3.58. The van der Waals surface area contributed by atoms with Gasteiger partial charge in [-0.05, 0) is 30.0 Å². The molecule has 2 heteroatoms. The molecule has 0 unspecified atom stereocenters. The van der Waals surface area contributed by atoms with Gasteiger partial charge in [0.15, 0.2) is 5.78 Å². The number of ketones is 1. The lowest BCUT2D eigenvalue weighted by molar-refractivity contribution is 0.0944. The van der Waals surface area contributed by atoms with E-state index < -0.39 is 0 Å². The normalized spacial score (nSPS) is 18.5. The number of Topliss-reactive ketones (excluding diaryl/α,β-unsaturated/α-hetero) is 1. The Labute approximate surface area is 105 Å². The van der Waals surface area contributed by atoms with Crippen LogP contribution >= 0.6 is 0 Å². The molecule has 0 saturated heterocycles. The second-order valence-electron chi connectivity index (χ2n) is 4.63. The first kappa shape index (κ1) is 11.1. The van der Waals surface area contributed by atoms with E-state index in [9.17, 15) is 9.18 Å². The van der Waals surface area contributed by atoms with Crippen LogP contribution in [-0.4, -0.2) is 5.78 Å². The van der Waals surface area contributed by atoms with Crippen molar-refractivity contribution in [2.45, 2.75) is 18.8 Å². The van der Waals surface area contributed by atoms with Gasteiger partial charge in [-0.3, -0.25) is 4.79 Å². The Hall–Kier alpha value is -1.96. The number of hydrogen-bond donors (Lipinski definition) is 0. The first-order valence-electron chi connectivity index (χ1n) is 6.14. The van der Waals surface area contributed by atoms with Crippen molar-refractivity contribution in [2.75, 3.05) is 0 Å². The Morgan fingerprint density at radius 2 is 1.72 bits per heavy atom. The molecule has 0 spiro atoms. The van der Waals surface area contributed by atoms with Crippen LogP contribution in [0.15, 0.2) is 48.5 Å². The van der Waals surface area contributed by atoms with Gasteiger partial charge in [-0.1, -0.05) is 42.5 Å². The van der Waals surface area contributed by atoms with Gasteiger partial charge in [-0.2, -0.15) is 0 Å². The number of halogens is 1. The molecule has 0 aliphatic heterocycles. The molecular weight excluding hydrogens is 227 g/mol. The van der Waals surface area contributed by atoms with Gasteiger partial charge in [0.1, 0.15) is 5.82 Å². The number of aryl methyl sites for hydroxylation is 1. The molecule has 0 heterocycles. The lowest BCUT2D eigenvalue weighted by Gasteiger charge is -2.23. The highest BCUT2D eigenvalue weighted by Gasteiger charge is 2.29. The molecule has 3 rings (SSSR count). The van der Waals surface area contributed by atoms with Crippen LogP contribution in [0.4, 0.5) is 4.39 Å². The average molecular weight is 240 g/mol. The third-order valence-electron chi connectivity index (χ3n) is 3.58. The van der Waals surface area contributed by atoms with E-state index in [-0.39, 0.29) is 17.5 Å². The second kappa shape index (κ2) is 4.37. The van der Waals surface area contributed by atoms with Gasteiger partial charge in [-0.25, -0.2) is 4.39 Å². The molecule has 2 aromatic carbocycles. The molecule has 1 nitrogen and oxygen atoms in total.